The van der Waals surface area contributed by atoms with Gasteiger partial charge >= 0.3 is 5.97 Å². The number of benzene rings is 1. The number of amides is 2. The van der Waals surface area contributed by atoms with Gasteiger partial charge in [-0.15, -0.1) is 0 Å². The third-order valence-corrected chi connectivity index (χ3v) is 2.67. The van der Waals surface area contributed by atoms with Crippen molar-refractivity contribution in [3.05, 3.63) is 47.9 Å². The number of imide groups is 1. The van der Waals surface area contributed by atoms with Crippen molar-refractivity contribution in [2.45, 2.75) is 6.42 Å². The number of nitrogens with one attached hydrogen (secondary N) is 1. The van der Waals surface area contributed by atoms with Crippen LogP contribution >= 0.6 is 0 Å². The predicted octanol–water partition coefficient (Wildman–Crippen LogP) is 0.303. The molecule has 0 atom stereocenters. The smallest absolute Gasteiger partial charge is 0.377 e. The highest BCUT2D eigenvalue weighted by Crippen LogP contribution is 2.06. The Morgan fingerprint density at radius 2 is 1.86 bits per heavy atom. The third-order valence-electron chi connectivity index (χ3n) is 2.67. The van der Waals surface area contributed by atoms with Gasteiger partial charge in [0.1, 0.15) is 19.5 Å². The number of carbonyl (C=O) groups is 3. The van der Waals surface area contributed by atoms with Crippen LogP contribution in [0.25, 0.3) is 0 Å². The Hall–Kier alpha value is -2.83. The van der Waals surface area contributed by atoms with E-state index in [1.54, 1.807) is 24.3 Å². The Bertz CT molecular complexity index is 581. The molecule has 0 aromatic heterocycles. The molecule has 116 valence electrons. The van der Waals surface area contributed by atoms with Crippen molar-refractivity contribution < 1.29 is 28.6 Å². The van der Waals surface area contributed by atoms with Gasteiger partial charge in [0.15, 0.2) is 6.61 Å². The molecule has 0 saturated heterocycles. The monoisotopic (exact) mass is 305 g/mol. The lowest BCUT2D eigenvalue weighted by molar-refractivity contribution is -0.150. The summed E-state index contributed by atoms with van der Waals surface area (Å²) >= 11 is 0. The van der Waals surface area contributed by atoms with E-state index in [0.29, 0.717) is 6.61 Å². The molecule has 2 rings (SSSR count). The van der Waals surface area contributed by atoms with E-state index in [2.05, 4.69) is 5.32 Å². The Kier molecular flexibility index (Phi) is 5.53. The summed E-state index contributed by atoms with van der Waals surface area (Å²) in [6.45, 7) is 0.0218. The fourth-order valence-electron chi connectivity index (χ4n) is 1.69. The third kappa shape index (κ3) is 4.93. The first-order valence-electron chi connectivity index (χ1n) is 6.63. The topological polar surface area (TPSA) is 90.9 Å². The molecule has 1 aromatic carbocycles. The summed E-state index contributed by atoms with van der Waals surface area (Å²) in [6.07, 6.45) is 1.20. The molecule has 1 heterocycles. The minimum atomic E-state index is -0.814. The standard InChI is InChI=1S/C15H15NO6/c17-13(8-11-4-2-1-3-5-11)16-14(18)10-22-15(19)12-9-20-6-7-21-12/h1-5,9H,6-8,10H2,(H,16,17,18). The van der Waals surface area contributed by atoms with E-state index in [4.69, 9.17) is 14.2 Å². The van der Waals surface area contributed by atoms with Crippen molar-refractivity contribution in [3.63, 3.8) is 0 Å². The van der Waals surface area contributed by atoms with Crippen molar-refractivity contribution in [1.82, 2.24) is 5.32 Å². The predicted molar refractivity (Wildman–Crippen MR) is 74.2 cm³/mol. The molecule has 0 saturated carbocycles. The lowest BCUT2D eigenvalue weighted by Crippen LogP contribution is -2.35. The zero-order chi connectivity index (χ0) is 15.8. The SMILES string of the molecule is O=C(COC(=O)C1=COCCO1)NC(=O)Cc1ccccc1. The molecule has 0 fully saturated rings. The molecule has 1 aliphatic rings. The molecule has 0 bridgehead atoms. The molecule has 0 radical (unpaired) electrons. The summed E-state index contributed by atoms with van der Waals surface area (Å²) in [5, 5.41) is 2.14. The maximum Gasteiger partial charge on any atom is 0.377 e. The van der Waals surface area contributed by atoms with Crippen LogP contribution in [0.2, 0.25) is 0 Å². The number of hydrogen-bond donors (Lipinski definition) is 1. The number of esters is 1. The molecule has 0 unspecified atom stereocenters. The van der Waals surface area contributed by atoms with Crippen LogP contribution in [0.1, 0.15) is 5.56 Å². The molecule has 22 heavy (non-hydrogen) atoms. The summed E-state index contributed by atoms with van der Waals surface area (Å²) in [6, 6.07) is 8.98. The fourth-order valence-corrected chi connectivity index (χ4v) is 1.69. The first kappa shape index (κ1) is 15.6. The largest absolute Gasteiger partial charge is 0.493 e. The molecule has 0 aliphatic carbocycles. The lowest BCUT2D eigenvalue weighted by atomic mass is 10.1. The van der Waals surface area contributed by atoms with E-state index >= 15 is 0 Å². The Morgan fingerprint density at radius 3 is 2.55 bits per heavy atom. The molecule has 7 heteroatoms. The first-order chi connectivity index (χ1) is 10.6. The molecule has 7 nitrogen and oxygen atoms in total. The van der Waals surface area contributed by atoms with E-state index in [0.717, 1.165) is 11.8 Å². The lowest BCUT2D eigenvalue weighted by Gasteiger charge is -2.14. The molecular weight excluding hydrogens is 290 g/mol. The van der Waals surface area contributed by atoms with Crippen LogP contribution in [0.3, 0.4) is 0 Å². The average molecular weight is 305 g/mol. The first-order valence-corrected chi connectivity index (χ1v) is 6.63. The van der Waals surface area contributed by atoms with Gasteiger partial charge in [0.2, 0.25) is 11.7 Å². The summed E-state index contributed by atoms with van der Waals surface area (Å²) in [4.78, 5) is 34.7. The van der Waals surface area contributed by atoms with Crippen LogP contribution in [0, 0.1) is 0 Å². The van der Waals surface area contributed by atoms with E-state index in [1.165, 1.54) is 0 Å². The van der Waals surface area contributed by atoms with Crippen LogP contribution < -0.4 is 5.32 Å². The van der Waals surface area contributed by atoms with Crippen molar-refractivity contribution in [3.8, 4) is 0 Å². The van der Waals surface area contributed by atoms with Gasteiger partial charge in [-0.2, -0.15) is 0 Å². The highest BCUT2D eigenvalue weighted by Gasteiger charge is 2.18. The summed E-state index contributed by atoms with van der Waals surface area (Å²) in [5.74, 6) is -2.09. The second kappa shape index (κ2) is 7.82. The van der Waals surface area contributed by atoms with Crippen molar-refractivity contribution in [2.75, 3.05) is 19.8 Å². The maximum absolute atomic E-state index is 11.6. The van der Waals surface area contributed by atoms with E-state index in [-0.39, 0.29) is 18.8 Å². The Balaban J connectivity index is 1.72. The van der Waals surface area contributed by atoms with Crippen LogP contribution in [0.4, 0.5) is 0 Å². The van der Waals surface area contributed by atoms with Crippen LogP contribution in [-0.2, 0) is 35.0 Å². The molecule has 2 amide bonds. The van der Waals surface area contributed by atoms with Gasteiger partial charge in [-0.05, 0) is 5.56 Å². The minimum absolute atomic E-state index is 0.0721. The summed E-state index contributed by atoms with van der Waals surface area (Å²) < 4.78 is 14.6. The van der Waals surface area contributed by atoms with Crippen LogP contribution in [-0.4, -0.2) is 37.6 Å². The van der Waals surface area contributed by atoms with E-state index < -0.39 is 24.4 Å². The van der Waals surface area contributed by atoms with Gasteiger partial charge in [-0.1, -0.05) is 30.3 Å². The van der Waals surface area contributed by atoms with Crippen molar-refractivity contribution in [1.29, 1.82) is 0 Å². The number of ether oxygens (including phenoxy) is 3. The zero-order valence-corrected chi connectivity index (χ0v) is 11.7. The van der Waals surface area contributed by atoms with E-state index in [9.17, 15) is 14.4 Å². The van der Waals surface area contributed by atoms with Gasteiger partial charge in [-0.3, -0.25) is 14.9 Å². The maximum atomic E-state index is 11.6. The number of rotatable bonds is 5. The normalized spacial score (nSPS) is 13.2. The van der Waals surface area contributed by atoms with Crippen LogP contribution in [0.5, 0.6) is 0 Å². The van der Waals surface area contributed by atoms with Gasteiger partial charge in [0, 0.05) is 0 Å². The van der Waals surface area contributed by atoms with Crippen LogP contribution in [0.15, 0.2) is 42.4 Å². The average Bonchev–Trinajstić information content (AvgIpc) is 2.54. The zero-order valence-electron chi connectivity index (χ0n) is 11.7. The molecular formula is C15H15NO6. The minimum Gasteiger partial charge on any atom is -0.493 e. The molecule has 1 aromatic rings. The van der Waals surface area contributed by atoms with Gasteiger partial charge in [0.25, 0.3) is 5.91 Å². The van der Waals surface area contributed by atoms with Crippen molar-refractivity contribution >= 4 is 17.8 Å². The highest BCUT2D eigenvalue weighted by atomic mass is 16.6. The Morgan fingerprint density at radius 1 is 1.09 bits per heavy atom. The second-order valence-electron chi connectivity index (χ2n) is 4.41. The quantitative estimate of drug-likeness (QED) is 0.787. The Labute approximate surface area is 126 Å². The fraction of sp³-hybridized carbons (Fsp3) is 0.267. The summed E-state index contributed by atoms with van der Waals surface area (Å²) in [5.41, 5.74) is 0.780. The van der Waals surface area contributed by atoms with Gasteiger partial charge in [-0.25, -0.2) is 4.79 Å². The molecule has 1 N–H and O–H groups in total. The summed E-state index contributed by atoms with van der Waals surface area (Å²) in [7, 11) is 0. The number of carbonyl (C=O) groups excluding carboxylic acids is 3. The highest BCUT2D eigenvalue weighted by molar-refractivity contribution is 5.97. The van der Waals surface area contributed by atoms with Gasteiger partial charge < -0.3 is 14.2 Å². The van der Waals surface area contributed by atoms with Gasteiger partial charge in [0.05, 0.1) is 6.42 Å². The number of hydrogen-bond acceptors (Lipinski definition) is 6. The van der Waals surface area contributed by atoms with E-state index in [1.807, 2.05) is 6.07 Å². The molecule has 1 aliphatic heterocycles. The second-order valence-corrected chi connectivity index (χ2v) is 4.41. The van der Waals surface area contributed by atoms with Crippen molar-refractivity contribution in [2.24, 2.45) is 0 Å². The molecule has 0 spiro atoms.